The SMILES string of the molecule is COc1ccccc1NS(=O)(=O)c1cnn(CCO)c1. The summed E-state index contributed by atoms with van der Waals surface area (Å²) in [7, 11) is -2.27. The number of aliphatic hydroxyl groups excluding tert-OH is 1. The van der Waals surface area contributed by atoms with Gasteiger partial charge >= 0.3 is 0 Å². The third-order valence-electron chi connectivity index (χ3n) is 2.60. The van der Waals surface area contributed by atoms with Crippen LogP contribution in [-0.4, -0.2) is 37.0 Å². The van der Waals surface area contributed by atoms with Gasteiger partial charge in [0.15, 0.2) is 0 Å². The molecule has 2 aromatic rings. The summed E-state index contributed by atoms with van der Waals surface area (Å²) in [4.78, 5) is 0.0249. The van der Waals surface area contributed by atoms with Crippen molar-refractivity contribution in [2.24, 2.45) is 0 Å². The van der Waals surface area contributed by atoms with Gasteiger partial charge in [0.2, 0.25) is 0 Å². The maximum Gasteiger partial charge on any atom is 0.265 e. The number of hydrogen-bond donors (Lipinski definition) is 2. The minimum atomic E-state index is -3.74. The van der Waals surface area contributed by atoms with Gasteiger partial charge in [-0.05, 0) is 12.1 Å². The lowest BCUT2D eigenvalue weighted by molar-refractivity contribution is 0.269. The molecule has 1 aromatic carbocycles. The molecule has 0 radical (unpaired) electrons. The quantitative estimate of drug-likeness (QED) is 0.818. The number of methoxy groups -OCH3 is 1. The van der Waals surface area contributed by atoms with Gasteiger partial charge in [-0.15, -0.1) is 0 Å². The van der Waals surface area contributed by atoms with E-state index in [2.05, 4.69) is 9.82 Å². The number of hydrogen-bond acceptors (Lipinski definition) is 5. The molecule has 2 rings (SSSR count). The normalized spacial score (nSPS) is 11.3. The van der Waals surface area contributed by atoms with Gasteiger partial charge in [-0.25, -0.2) is 8.42 Å². The van der Waals surface area contributed by atoms with Gasteiger partial charge in [0, 0.05) is 6.20 Å². The van der Waals surface area contributed by atoms with Crippen LogP contribution in [0.4, 0.5) is 5.69 Å². The van der Waals surface area contributed by atoms with Gasteiger partial charge in [0.1, 0.15) is 10.6 Å². The van der Waals surface area contributed by atoms with E-state index in [0.717, 1.165) is 0 Å². The maximum atomic E-state index is 12.2. The number of anilines is 1. The summed E-state index contributed by atoms with van der Waals surface area (Å²) < 4.78 is 33.3. The molecule has 0 bridgehead atoms. The van der Waals surface area contributed by atoms with E-state index < -0.39 is 10.0 Å². The second kappa shape index (κ2) is 5.93. The molecule has 0 spiro atoms. The zero-order valence-corrected chi connectivity index (χ0v) is 11.7. The Labute approximate surface area is 116 Å². The van der Waals surface area contributed by atoms with Gasteiger partial charge in [-0.3, -0.25) is 9.40 Å². The number of ether oxygens (including phenoxy) is 1. The molecule has 0 aliphatic heterocycles. The molecular weight excluding hydrogens is 282 g/mol. The van der Waals surface area contributed by atoms with Crippen LogP contribution in [0.2, 0.25) is 0 Å². The molecular formula is C12H15N3O4S. The van der Waals surface area contributed by atoms with Crippen molar-refractivity contribution in [3.05, 3.63) is 36.7 Å². The van der Waals surface area contributed by atoms with Crippen LogP contribution in [0.5, 0.6) is 5.75 Å². The van der Waals surface area contributed by atoms with Crippen molar-refractivity contribution >= 4 is 15.7 Å². The molecule has 0 atom stereocenters. The summed E-state index contributed by atoms with van der Waals surface area (Å²) in [6, 6.07) is 6.72. The molecule has 0 aliphatic rings. The molecule has 1 heterocycles. The first-order valence-electron chi connectivity index (χ1n) is 5.86. The highest BCUT2D eigenvalue weighted by Crippen LogP contribution is 2.25. The summed E-state index contributed by atoms with van der Waals surface area (Å²) in [6.45, 7) is 0.130. The number of aliphatic hydroxyl groups is 1. The Morgan fingerprint density at radius 1 is 1.40 bits per heavy atom. The van der Waals surface area contributed by atoms with Crippen molar-refractivity contribution in [1.29, 1.82) is 0 Å². The molecule has 0 amide bonds. The fourth-order valence-corrected chi connectivity index (χ4v) is 2.66. The second-order valence-corrected chi connectivity index (χ2v) is 5.65. The van der Waals surface area contributed by atoms with E-state index in [1.54, 1.807) is 24.3 Å². The van der Waals surface area contributed by atoms with Crippen LogP contribution < -0.4 is 9.46 Å². The summed E-state index contributed by atoms with van der Waals surface area (Å²) in [5, 5.41) is 12.7. The highest BCUT2D eigenvalue weighted by molar-refractivity contribution is 7.92. The Kier molecular flexibility index (Phi) is 4.26. The summed E-state index contributed by atoms with van der Waals surface area (Å²) in [6.07, 6.45) is 2.58. The number of benzene rings is 1. The molecule has 1 aromatic heterocycles. The molecule has 0 saturated carbocycles. The predicted octanol–water partition coefficient (Wildman–Crippen LogP) is 0.685. The van der Waals surface area contributed by atoms with E-state index in [1.165, 1.54) is 24.2 Å². The summed E-state index contributed by atoms with van der Waals surface area (Å²) in [5.74, 6) is 0.429. The van der Waals surface area contributed by atoms with Crippen molar-refractivity contribution in [2.75, 3.05) is 18.4 Å². The smallest absolute Gasteiger partial charge is 0.265 e. The van der Waals surface area contributed by atoms with Crippen LogP contribution >= 0.6 is 0 Å². The first-order valence-corrected chi connectivity index (χ1v) is 7.34. The Morgan fingerprint density at radius 3 is 2.85 bits per heavy atom. The molecule has 8 heteroatoms. The van der Waals surface area contributed by atoms with Gasteiger partial charge in [-0.2, -0.15) is 5.10 Å². The standard InChI is InChI=1S/C12H15N3O4S/c1-19-12-5-3-2-4-11(12)14-20(17,18)10-8-13-15(9-10)6-7-16/h2-5,8-9,14,16H,6-7H2,1H3. The predicted molar refractivity (Wildman–Crippen MR) is 73.1 cm³/mol. The van der Waals surface area contributed by atoms with Crippen LogP contribution in [-0.2, 0) is 16.6 Å². The zero-order valence-electron chi connectivity index (χ0n) is 10.9. The van der Waals surface area contributed by atoms with Gasteiger partial charge in [-0.1, -0.05) is 12.1 Å². The van der Waals surface area contributed by atoms with E-state index in [9.17, 15) is 8.42 Å². The van der Waals surface area contributed by atoms with Crippen molar-refractivity contribution in [2.45, 2.75) is 11.4 Å². The third-order valence-corrected chi connectivity index (χ3v) is 3.92. The average Bonchev–Trinajstić information content (AvgIpc) is 2.89. The van der Waals surface area contributed by atoms with Gasteiger partial charge in [0.25, 0.3) is 10.0 Å². The second-order valence-electron chi connectivity index (χ2n) is 3.97. The van der Waals surface area contributed by atoms with Crippen LogP contribution in [0.15, 0.2) is 41.6 Å². The highest BCUT2D eigenvalue weighted by atomic mass is 32.2. The van der Waals surface area contributed by atoms with Crippen molar-refractivity contribution in [1.82, 2.24) is 9.78 Å². The van der Waals surface area contributed by atoms with E-state index in [-0.39, 0.29) is 18.0 Å². The number of aromatic nitrogens is 2. The highest BCUT2D eigenvalue weighted by Gasteiger charge is 2.18. The first kappa shape index (κ1) is 14.4. The Balaban J connectivity index is 2.26. The minimum absolute atomic E-state index is 0.0249. The number of rotatable bonds is 6. The van der Waals surface area contributed by atoms with E-state index in [1.807, 2.05) is 0 Å². The van der Waals surface area contributed by atoms with Crippen LogP contribution in [0.3, 0.4) is 0 Å². The summed E-state index contributed by atoms with van der Waals surface area (Å²) >= 11 is 0. The van der Waals surface area contributed by atoms with E-state index in [4.69, 9.17) is 9.84 Å². The maximum absolute atomic E-state index is 12.2. The van der Waals surface area contributed by atoms with Gasteiger partial charge in [0.05, 0.1) is 32.1 Å². The van der Waals surface area contributed by atoms with Crippen LogP contribution in [0.25, 0.3) is 0 Å². The van der Waals surface area contributed by atoms with Crippen LogP contribution in [0, 0.1) is 0 Å². The zero-order chi connectivity index (χ0) is 14.6. The summed E-state index contributed by atoms with van der Waals surface area (Å²) in [5.41, 5.74) is 0.352. The lowest BCUT2D eigenvalue weighted by atomic mass is 10.3. The van der Waals surface area contributed by atoms with Crippen molar-refractivity contribution in [3.63, 3.8) is 0 Å². The average molecular weight is 297 g/mol. The minimum Gasteiger partial charge on any atom is -0.495 e. The lowest BCUT2D eigenvalue weighted by Crippen LogP contribution is -2.13. The van der Waals surface area contributed by atoms with Gasteiger partial charge < -0.3 is 9.84 Å². The van der Waals surface area contributed by atoms with Crippen molar-refractivity contribution in [3.8, 4) is 5.75 Å². The van der Waals surface area contributed by atoms with Crippen molar-refractivity contribution < 1.29 is 18.3 Å². The topological polar surface area (TPSA) is 93.5 Å². The van der Waals surface area contributed by atoms with Crippen LogP contribution in [0.1, 0.15) is 0 Å². The molecule has 2 N–H and O–H groups in total. The Bertz CT molecular complexity index is 682. The number of nitrogens with one attached hydrogen (secondary N) is 1. The molecule has 0 unspecified atom stereocenters. The first-order chi connectivity index (χ1) is 9.56. The number of para-hydroxylation sites is 2. The molecule has 0 fully saturated rings. The fraction of sp³-hybridized carbons (Fsp3) is 0.250. The number of nitrogens with zero attached hydrogens (tertiary/aromatic N) is 2. The molecule has 7 nitrogen and oxygen atoms in total. The number of sulfonamides is 1. The largest absolute Gasteiger partial charge is 0.495 e. The molecule has 0 aliphatic carbocycles. The fourth-order valence-electron chi connectivity index (χ4n) is 1.64. The lowest BCUT2D eigenvalue weighted by Gasteiger charge is -2.10. The monoisotopic (exact) mass is 297 g/mol. The molecule has 0 saturated heterocycles. The Morgan fingerprint density at radius 2 is 2.15 bits per heavy atom. The Hall–Kier alpha value is -2.06. The molecule has 108 valence electrons. The third kappa shape index (κ3) is 3.09. The van der Waals surface area contributed by atoms with E-state index in [0.29, 0.717) is 11.4 Å². The van der Waals surface area contributed by atoms with E-state index >= 15 is 0 Å². The molecule has 20 heavy (non-hydrogen) atoms.